The molecule has 0 saturated carbocycles. The van der Waals surface area contributed by atoms with E-state index in [1.807, 2.05) is 0 Å². The van der Waals surface area contributed by atoms with Crippen LogP contribution in [-0.4, -0.2) is 0 Å². The molecule has 0 unspecified atom stereocenters. The van der Waals surface area contributed by atoms with Crippen LogP contribution in [-0.2, 0) is 0 Å². The molecule has 0 aliphatic carbocycles. The number of benzene rings is 9. The standard InChI is InChI=1S/C52H35NO/c1-3-9-36(10-4-1)38-15-19-40(20-16-38)42-23-28-45(29-24-42)53(46-30-25-43(26-31-46)41-21-17-39(18-22-41)37-11-5-2-6-12-37)47-32-34-49-50-33-27-44-13-7-8-14-48(44)52(50)54-51(49)35-47/h1-35H. The Morgan fingerprint density at radius 2 is 0.667 bits per heavy atom. The highest BCUT2D eigenvalue weighted by atomic mass is 16.3. The number of anilines is 3. The number of furan rings is 1. The average molecular weight is 690 g/mol. The predicted octanol–water partition coefficient (Wildman–Crippen LogP) is 14.9. The second-order valence-corrected chi connectivity index (χ2v) is 13.8. The van der Waals surface area contributed by atoms with Gasteiger partial charge in [-0.3, -0.25) is 0 Å². The maximum absolute atomic E-state index is 6.64. The molecule has 0 aliphatic rings. The van der Waals surface area contributed by atoms with E-state index in [4.69, 9.17) is 4.42 Å². The fourth-order valence-electron chi connectivity index (χ4n) is 7.66. The highest BCUT2D eigenvalue weighted by molar-refractivity contribution is 6.15. The van der Waals surface area contributed by atoms with Crippen LogP contribution in [0.5, 0.6) is 0 Å². The first-order chi connectivity index (χ1) is 26.7. The Kier molecular flexibility index (Phi) is 7.85. The number of hydrogen-bond acceptors (Lipinski definition) is 2. The van der Waals surface area contributed by atoms with Gasteiger partial charge in [0, 0.05) is 39.3 Å². The van der Waals surface area contributed by atoms with Crippen molar-refractivity contribution in [2.75, 3.05) is 4.90 Å². The molecule has 10 rings (SSSR count). The van der Waals surface area contributed by atoms with Crippen molar-refractivity contribution in [1.82, 2.24) is 0 Å². The van der Waals surface area contributed by atoms with Crippen LogP contribution < -0.4 is 4.90 Å². The second kappa shape index (κ2) is 13.4. The summed E-state index contributed by atoms with van der Waals surface area (Å²) in [5, 5.41) is 4.55. The molecule has 2 heteroatoms. The Morgan fingerprint density at radius 3 is 1.17 bits per heavy atom. The van der Waals surface area contributed by atoms with Crippen LogP contribution in [0.25, 0.3) is 77.2 Å². The highest BCUT2D eigenvalue weighted by Crippen LogP contribution is 2.41. The normalized spacial score (nSPS) is 11.3. The van der Waals surface area contributed by atoms with Gasteiger partial charge in [0.05, 0.1) is 0 Å². The number of fused-ring (bicyclic) bond motifs is 5. The minimum atomic E-state index is 0.870. The molecule has 1 heterocycles. The number of nitrogens with zero attached hydrogens (tertiary/aromatic N) is 1. The summed E-state index contributed by atoms with van der Waals surface area (Å²) < 4.78 is 6.64. The van der Waals surface area contributed by atoms with Gasteiger partial charge in [-0.05, 0) is 92.4 Å². The van der Waals surface area contributed by atoms with Crippen molar-refractivity contribution in [3.8, 4) is 44.5 Å². The van der Waals surface area contributed by atoms with E-state index in [0.29, 0.717) is 0 Å². The first-order valence-corrected chi connectivity index (χ1v) is 18.4. The molecule has 0 atom stereocenters. The molecule has 10 aromatic rings. The Balaban J connectivity index is 1.02. The number of hydrogen-bond donors (Lipinski definition) is 0. The van der Waals surface area contributed by atoms with E-state index in [1.54, 1.807) is 0 Å². The minimum absolute atomic E-state index is 0.870. The Bertz CT molecular complexity index is 2750. The first kappa shape index (κ1) is 31.6. The summed E-state index contributed by atoms with van der Waals surface area (Å²) in [6, 6.07) is 75.8. The monoisotopic (exact) mass is 689 g/mol. The molecule has 0 radical (unpaired) electrons. The van der Waals surface area contributed by atoms with E-state index in [9.17, 15) is 0 Å². The summed E-state index contributed by atoms with van der Waals surface area (Å²) >= 11 is 0. The summed E-state index contributed by atoms with van der Waals surface area (Å²) in [7, 11) is 0. The largest absolute Gasteiger partial charge is 0.455 e. The molecule has 54 heavy (non-hydrogen) atoms. The zero-order chi connectivity index (χ0) is 35.8. The van der Waals surface area contributed by atoms with Crippen LogP contribution in [0, 0.1) is 0 Å². The fraction of sp³-hybridized carbons (Fsp3) is 0. The summed E-state index contributed by atoms with van der Waals surface area (Å²) in [5.41, 5.74) is 14.6. The number of rotatable bonds is 7. The Labute approximate surface area is 314 Å². The van der Waals surface area contributed by atoms with Gasteiger partial charge in [-0.15, -0.1) is 0 Å². The summed E-state index contributed by atoms with van der Waals surface area (Å²) in [5.74, 6) is 0. The molecule has 0 spiro atoms. The second-order valence-electron chi connectivity index (χ2n) is 13.8. The van der Waals surface area contributed by atoms with Gasteiger partial charge < -0.3 is 9.32 Å². The lowest BCUT2D eigenvalue weighted by molar-refractivity contribution is 0.672. The van der Waals surface area contributed by atoms with Crippen LogP contribution in [0.3, 0.4) is 0 Å². The zero-order valence-electron chi connectivity index (χ0n) is 29.6. The van der Waals surface area contributed by atoms with Crippen molar-refractivity contribution >= 4 is 49.8 Å². The molecule has 0 N–H and O–H groups in total. The van der Waals surface area contributed by atoms with Crippen LogP contribution in [0.2, 0.25) is 0 Å². The van der Waals surface area contributed by atoms with Crippen molar-refractivity contribution in [3.05, 3.63) is 212 Å². The van der Waals surface area contributed by atoms with Crippen LogP contribution in [0.15, 0.2) is 217 Å². The third-order valence-corrected chi connectivity index (χ3v) is 10.5. The smallest absolute Gasteiger partial charge is 0.143 e. The van der Waals surface area contributed by atoms with Gasteiger partial charge in [-0.1, -0.05) is 164 Å². The molecule has 2 nitrogen and oxygen atoms in total. The molecule has 0 fully saturated rings. The average Bonchev–Trinajstić information content (AvgIpc) is 3.64. The molecular weight excluding hydrogens is 655 g/mol. The third kappa shape index (κ3) is 5.81. The van der Waals surface area contributed by atoms with Crippen molar-refractivity contribution < 1.29 is 4.42 Å². The Hall–Kier alpha value is -7.16. The Morgan fingerprint density at radius 1 is 0.278 bits per heavy atom. The summed E-state index contributed by atoms with van der Waals surface area (Å²) in [6.45, 7) is 0. The molecular formula is C52H35NO. The van der Waals surface area contributed by atoms with Crippen LogP contribution in [0.4, 0.5) is 17.1 Å². The molecule has 254 valence electrons. The van der Waals surface area contributed by atoms with E-state index in [1.165, 1.54) is 49.9 Å². The molecule has 9 aromatic carbocycles. The SMILES string of the molecule is c1ccc(-c2ccc(-c3ccc(N(c4ccc(-c5ccc(-c6ccccc6)cc5)cc4)c4ccc5c(c4)oc4c6ccccc6ccc54)cc3)cc2)cc1. The predicted molar refractivity (Wildman–Crippen MR) is 228 cm³/mol. The summed E-state index contributed by atoms with van der Waals surface area (Å²) in [4.78, 5) is 2.31. The van der Waals surface area contributed by atoms with E-state index in [-0.39, 0.29) is 0 Å². The highest BCUT2D eigenvalue weighted by Gasteiger charge is 2.17. The van der Waals surface area contributed by atoms with Crippen molar-refractivity contribution in [3.63, 3.8) is 0 Å². The van der Waals surface area contributed by atoms with E-state index < -0.39 is 0 Å². The lowest BCUT2D eigenvalue weighted by Crippen LogP contribution is -2.09. The van der Waals surface area contributed by atoms with E-state index >= 15 is 0 Å². The lowest BCUT2D eigenvalue weighted by atomic mass is 9.99. The maximum atomic E-state index is 6.64. The molecule has 0 amide bonds. The zero-order valence-corrected chi connectivity index (χ0v) is 29.6. The van der Waals surface area contributed by atoms with Gasteiger partial charge in [0.15, 0.2) is 0 Å². The van der Waals surface area contributed by atoms with Crippen LogP contribution in [0.1, 0.15) is 0 Å². The molecule has 0 bridgehead atoms. The minimum Gasteiger partial charge on any atom is -0.455 e. The third-order valence-electron chi connectivity index (χ3n) is 10.5. The van der Waals surface area contributed by atoms with Crippen molar-refractivity contribution in [2.24, 2.45) is 0 Å². The van der Waals surface area contributed by atoms with Gasteiger partial charge in [-0.25, -0.2) is 0 Å². The topological polar surface area (TPSA) is 16.4 Å². The van der Waals surface area contributed by atoms with Gasteiger partial charge in [0.1, 0.15) is 11.2 Å². The van der Waals surface area contributed by atoms with Gasteiger partial charge in [0.25, 0.3) is 0 Å². The summed E-state index contributed by atoms with van der Waals surface area (Å²) in [6.07, 6.45) is 0. The van der Waals surface area contributed by atoms with Crippen LogP contribution >= 0.6 is 0 Å². The van der Waals surface area contributed by atoms with Gasteiger partial charge in [0.2, 0.25) is 0 Å². The molecule has 0 aliphatic heterocycles. The molecule has 1 aromatic heterocycles. The maximum Gasteiger partial charge on any atom is 0.143 e. The van der Waals surface area contributed by atoms with Gasteiger partial charge >= 0.3 is 0 Å². The van der Waals surface area contributed by atoms with E-state index in [2.05, 4.69) is 217 Å². The van der Waals surface area contributed by atoms with Gasteiger partial charge in [-0.2, -0.15) is 0 Å². The van der Waals surface area contributed by atoms with Crippen molar-refractivity contribution in [1.29, 1.82) is 0 Å². The fourth-order valence-corrected chi connectivity index (χ4v) is 7.66. The lowest BCUT2D eigenvalue weighted by Gasteiger charge is -2.26. The first-order valence-electron chi connectivity index (χ1n) is 18.4. The quantitative estimate of drug-likeness (QED) is 0.166. The van der Waals surface area contributed by atoms with Crippen molar-refractivity contribution in [2.45, 2.75) is 0 Å². The van der Waals surface area contributed by atoms with E-state index in [0.717, 1.165) is 44.4 Å². The molecule has 0 saturated heterocycles.